The van der Waals surface area contributed by atoms with Gasteiger partial charge in [0.15, 0.2) is 16.7 Å². The van der Waals surface area contributed by atoms with E-state index in [1.165, 1.54) is 50.3 Å². The topological polar surface area (TPSA) is 73.7 Å². The van der Waals surface area contributed by atoms with Crippen LogP contribution in [-0.2, 0) is 4.79 Å². The van der Waals surface area contributed by atoms with Crippen LogP contribution in [0.1, 0.15) is 64.2 Å². The zero-order chi connectivity index (χ0) is 26.5. The molecule has 8 heteroatoms. The van der Waals surface area contributed by atoms with E-state index < -0.39 is 0 Å². The van der Waals surface area contributed by atoms with E-state index in [0.29, 0.717) is 45.3 Å². The lowest BCUT2D eigenvalue weighted by molar-refractivity contribution is -0.135. The first-order valence-corrected chi connectivity index (χ1v) is 14.8. The molecule has 1 aromatic heterocycles. The Hall–Kier alpha value is -3.00. The van der Waals surface area contributed by atoms with Crippen LogP contribution in [-0.4, -0.2) is 52.4 Å². The van der Waals surface area contributed by atoms with Crippen LogP contribution in [0.25, 0.3) is 16.6 Å². The molecule has 2 aliphatic carbocycles. The van der Waals surface area contributed by atoms with E-state index in [4.69, 9.17) is 14.5 Å². The predicted octanol–water partition coefficient (Wildman–Crippen LogP) is 5.99. The van der Waals surface area contributed by atoms with Crippen LogP contribution in [0.4, 0.5) is 0 Å². The molecule has 2 aromatic carbocycles. The third-order valence-corrected chi connectivity index (χ3v) is 8.84. The predicted molar refractivity (Wildman–Crippen MR) is 152 cm³/mol. The van der Waals surface area contributed by atoms with E-state index in [9.17, 15) is 9.59 Å². The molecule has 1 amide bonds. The second-order valence-corrected chi connectivity index (χ2v) is 11.2. The molecule has 2 aliphatic rings. The summed E-state index contributed by atoms with van der Waals surface area (Å²) in [6, 6.07) is 13.4. The van der Waals surface area contributed by atoms with Gasteiger partial charge in [0.1, 0.15) is 0 Å². The van der Waals surface area contributed by atoms with E-state index in [2.05, 4.69) is 4.90 Å². The highest BCUT2D eigenvalue weighted by Crippen LogP contribution is 2.33. The number of amides is 1. The summed E-state index contributed by atoms with van der Waals surface area (Å²) < 4.78 is 12.5. The van der Waals surface area contributed by atoms with Crippen LogP contribution >= 0.6 is 11.8 Å². The third-order valence-electron chi connectivity index (χ3n) is 7.92. The number of thioether (sulfide) groups is 1. The van der Waals surface area contributed by atoms with Crippen molar-refractivity contribution in [2.45, 2.75) is 81.4 Å². The number of benzene rings is 2. The van der Waals surface area contributed by atoms with Gasteiger partial charge in [-0.05, 0) is 49.9 Å². The maximum absolute atomic E-state index is 13.8. The summed E-state index contributed by atoms with van der Waals surface area (Å²) in [7, 11) is 3.15. The highest BCUT2D eigenvalue weighted by molar-refractivity contribution is 7.99. The standard InChI is InChI=1S/C30H37N3O4S/c1-36-26-18-17-23(19-27(26)37-2)33-29(35)24-15-9-10-16-25(24)31-30(33)38-20-28(34)32(21-11-5-3-6-12-21)22-13-7-4-8-14-22/h9-10,15-19,21-22H,3-8,11-14,20H2,1-2H3. The van der Waals surface area contributed by atoms with Gasteiger partial charge in [-0.1, -0.05) is 62.4 Å². The molecule has 0 unspecified atom stereocenters. The SMILES string of the molecule is COc1ccc(-n2c(SCC(=O)N(C3CCCCC3)C3CCCCC3)nc3ccccc3c2=O)cc1OC. The van der Waals surface area contributed by atoms with Crippen LogP contribution in [0, 0.1) is 0 Å². The van der Waals surface area contributed by atoms with Crippen LogP contribution in [0.5, 0.6) is 11.5 Å². The van der Waals surface area contributed by atoms with Crippen LogP contribution in [0.3, 0.4) is 0 Å². The van der Waals surface area contributed by atoms with Gasteiger partial charge in [-0.15, -0.1) is 0 Å². The zero-order valence-corrected chi connectivity index (χ0v) is 23.2. The van der Waals surface area contributed by atoms with Gasteiger partial charge in [0.05, 0.1) is 36.6 Å². The first-order chi connectivity index (χ1) is 18.6. The van der Waals surface area contributed by atoms with Crippen molar-refractivity contribution in [2.24, 2.45) is 0 Å². The first-order valence-electron chi connectivity index (χ1n) is 13.8. The summed E-state index contributed by atoms with van der Waals surface area (Å²) in [5, 5.41) is 1.03. The van der Waals surface area contributed by atoms with E-state index in [-0.39, 0.29) is 17.2 Å². The summed E-state index contributed by atoms with van der Waals surface area (Å²) in [5.74, 6) is 1.52. The molecule has 0 N–H and O–H groups in total. The summed E-state index contributed by atoms with van der Waals surface area (Å²) >= 11 is 1.35. The quantitative estimate of drug-likeness (QED) is 0.261. The molecule has 0 atom stereocenters. The Morgan fingerprint density at radius 1 is 0.921 bits per heavy atom. The summed E-state index contributed by atoms with van der Waals surface area (Å²) in [4.78, 5) is 34.6. The number of rotatable bonds is 8. The van der Waals surface area contributed by atoms with Crippen molar-refractivity contribution in [3.8, 4) is 17.2 Å². The van der Waals surface area contributed by atoms with Crippen molar-refractivity contribution < 1.29 is 14.3 Å². The van der Waals surface area contributed by atoms with Crippen LogP contribution < -0.4 is 15.0 Å². The highest BCUT2D eigenvalue weighted by atomic mass is 32.2. The molecule has 0 radical (unpaired) electrons. The van der Waals surface area contributed by atoms with E-state index in [1.807, 2.05) is 24.3 Å². The molecule has 0 spiro atoms. The highest BCUT2D eigenvalue weighted by Gasteiger charge is 2.32. The minimum Gasteiger partial charge on any atom is -0.493 e. The molecule has 0 bridgehead atoms. The van der Waals surface area contributed by atoms with Gasteiger partial charge >= 0.3 is 0 Å². The molecule has 7 nitrogen and oxygen atoms in total. The number of hydrogen-bond acceptors (Lipinski definition) is 6. The normalized spacial score (nSPS) is 16.9. The number of carbonyl (C=O) groups excluding carboxylic acids is 1. The maximum Gasteiger partial charge on any atom is 0.266 e. The lowest BCUT2D eigenvalue weighted by Gasteiger charge is -2.41. The number of aromatic nitrogens is 2. The fourth-order valence-corrected chi connectivity index (χ4v) is 6.91. The van der Waals surface area contributed by atoms with Crippen molar-refractivity contribution in [3.05, 3.63) is 52.8 Å². The van der Waals surface area contributed by atoms with Crippen LogP contribution in [0.15, 0.2) is 52.4 Å². The zero-order valence-electron chi connectivity index (χ0n) is 22.4. The molecule has 0 saturated heterocycles. The Morgan fingerprint density at radius 3 is 2.18 bits per heavy atom. The minimum absolute atomic E-state index is 0.162. The molecular weight excluding hydrogens is 498 g/mol. The fraction of sp³-hybridized carbons (Fsp3) is 0.500. The maximum atomic E-state index is 13.8. The third kappa shape index (κ3) is 5.55. The molecule has 2 saturated carbocycles. The molecular formula is C30H37N3O4S. The number of nitrogens with zero attached hydrogens (tertiary/aromatic N) is 3. The van der Waals surface area contributed by atoms with Gasteiger partial charge < -0.3 is 14.4 Å². The Kier molecular flexibility index (Phi) is 8.57. The summed E-state index contributed by atoms with van der Waals surface area (Å²) in [6.45, 7) is 0. The van der Waals surface area contributed by atoms with Crippen molar-refractivity contribution in [3.63, 3.8) is 0 Å². The molecule has 202 valence electrons. The van der Waals surface area contributed by atoms with Crippen molar-refractivity contribution in [1.29, 1.82) is 0 Å². The smallest absolute Gasteiger partial charge is 0.266 e. The monoisotopic (exact) mass is 535 g/mol. The van der Waals surface area contributed by atoms with Crippen molar-refractivity contribution >= 4 is 28.6 Å². The minimum atomic E-state index is -0.172. The first kappa shape index (κ1) is 26.6. The Balaban J connectivity index is 1.49. The number of fused-ring (bicyclic) bond motifs is 1. The molecule has 1 heterocycles. The van der Waals surface area contributed by atoms with Crippen molar-refractivity contribution in [1.82, 2.24) is 14.5 Å². The number of methoxy groups -OCH3 is 2. The van der Waals surface area contributed by atoms with Gasteiger partial charge in [-0.3, -0.25) is 14.2 Å². The fourth-order valence-electron chi connectivity index (χ4n) is 6.03. The van der Waals surface area contributed by atoms with E-state index in [0.717, 1.165) is 25.7 Å². The number of hydrogen-bond donors (Lipinski definition) is 0. The van der Waals surface area contributed by atoms with Gasteiger partial charge in [0, 0.05) is 18.2 Å². The summed E-state index contributed by atoms with van der Waals surface area (Å²) in [5.41, 5.74) is 1.08. The number of para-hydroxylation sites is 1. The molecule has 0 aliphatic heterocycles. The van der Waals surface area contributed by atoms with Crippen molar-refractivity contribution in [2.75, 3.05) is 20.0 Å². The average Bonchev–Trinajstić information content (AvgIpc) is 2.97. The van der Waals surface area contributed by atoms with E-state index >= 15 is 0 Å². The van der Waals surface area contributed by atoms with E-state index in [1.54, 1.807) is 37.0 Å². The number of ether oxygens (including phenoxy) is 2. The summed E-state index contributed by atoms with van der Waals surface area (Å²) in [6.07, 6.45) is 11.7. The number of carbonyl (C=O) groups is 1. The van der Waals surface area contributed by atoms with Gasteiger partial charge in [-0.25, -0.2) is 4.98 Å². The second-order valence-electron chi connectivity index (χ2n) is 10.3. The largest absolute Gasteiger partial charge is 0.493 e. The van der Waals surface area contributed by atoms with Crippen LogP contribution in [0.2, 0.25) is 0 Å². The Morgan fingerprint density at radius 2 is 1.55 bits per heavy atom. The molecule has 5 rings (SSSR count). The molecule has 38 heavy (non-hydrogen) atoms. The lowest BCUT2D eigenvalue weighted by atomic mass is 9.88. The Bertz CT molecular complexity index is 1310. The van der Waals surface area contributed by atoms with Gasteiger partial charge in [-0.2, -0.15) is 0 Å². The average molecular weight is 536 g/mol. The van der Waals surface area contributed by atoms with Gasteiger partial charge in [0.2, 0.25) is 5.91 Å². The van der Waals surface area contributed by atoms with Gasteiger partial charge in [0.25, 0.3) is 5.56 Å². The Labute approximate surface area is 228 Å². The molecule has 3 aromatic rings. The molecule has 2 fully saturated rings. The lowest BCUT2D eigenvalue weighted by Crippen LogP contribution is -2.49. The second kappa shape index (κ2) is 12.2.